The average Bonchev–Trinajstić information content (AvgIpc) is 3.15. The molecule has 3 rings (SSSR count). The zero-order valence-corrected chi connectivity index (χ0v) is 18.5. The molecule has 2 saturated heterocycles. The number of ether oxygens (including phenoxy) is 4. The van der Waals surface area contributed by atoms with E-state index in [2.05, 4.69) is 32.0 Å². The molecule has 0 amide bonds. The summed E-state index contributed by atoms with van der Waals surface area (Å²) in [5.74, 6) is -0.791. The molecule has 0 spiro atoms. The molecular weight excluding hydrogens is 368 g/mol. The number of Topliss-reactive ketones (excluding diaryl/α,β-unsaturated/α-hetero) is 1. The zero-order chi connectivity index (χ0) is 21.0. The largest absolute Gasteiger partial charge is 0.367 e. The number of hydrogen-bond acceptors (Lipinski definition) is 5. The molecule has 0 aromatic heterocycles. The van der Waals surface area contributed by atoms with Gasteiger partial charge in [0, 0.05) is 0 Å². The van der Waals surface area contributed by atoms with Crippen LogP contribution in [-0.2, 0) is 43.2 Å². The molecule has 2 aliphatic rings. The Bertz CT molecular complexity index is 699. The fraction of sp³-hybridized carbons (Fsp3) is 0.708. The first-order valence-electron chi connectivity index (χ1n) is 11.1. The van der Waals surface area contributed by atoms with Crippen LogP contribution in [0.4, 0.5) is 0 Å². The number of unbranched alkanes of at least 4 members (excludes halogenated alkanes) is 2. The van der Waals surface area contributed by atoms with Gasteiger partial charge in [-0.25, -0.2) is 0 Å². The molecule has 1 aromatic carbocycles. The lowest BCUT2D eigenvalue weighted by molar-refractivity contribution is -0.218. The minimum Gasteiger partial charge on any atom is -0.367 e. The lowest BCUT2D eigenvalue weighted by atomic mass is 9.96. The SMILES string of the molecule is CCCCc1ccc(CO[C@@H]2[C@H]3OC(C)(C)O[C@H]3O[C@@H]2C(C)=O)cc1CCCC. The summed E-state index contributed by atoms with van der Waals surface area (Å²) in [6, 6.07) is 6.66. The van der Waals surface area contributed by atoms with E-state index in [9.17, 15) is 4.79 Å². The van der Waals surface area contributed by atoms with E-state index in [1.165, 1.54) is 43.7 Å². The van der Waals surface area contributed by atoms with Gasteiger partial charge in [0.1, 0.15) is 18.3 Å². The van der Waals surface area contributed by atoms with E-state index in [0.717, 1.165) is 18.4 Å². The number of rotatable bonds is 10. The van der Waals surface area contributed by atoms with E-state index in [1.54, 1.807) is 0 Å². The van der Waals surface area contributed by atoms with Crippen LogP contribution in [0.1, 0.15) is 77.0 Å². The van der Waals surface area contributed by atoms with Crippen LogP contribution in [0.15, 0.2) is 18.2 Å². The molecule has 5 nitrogen and oxygen atoms in total. The summed E-state index contributed by atoms with van der Waals surface area (Å²) in [4.78, 5) is 12.1. The van der Waals surface area contributed by atoms with Crippen LogP contribution >= 0.6 is 0 Å². The van der Waals surface area contributed by atoms with Gasteiger partial charge in [-0.15, -0.1) is 0 Å². The van der Waals surface area contributed by atoms with Gasteiger partial charge in [-0.1, -0.05) is 44.9 Å². The van der Waals surface area contributed by atoms with Crippen molar-refractivity contribution in [1.29, 1.82) is 0 Å². The number of hydrogen-bond donors (Lipinski definition) is 0. The molecule has 2 heterocycles. The molecule has 4 atom stereocenters. The van der Waals surface area contributed by atoms with Crippen LogP contribution < -0.4 is 0 Å². The monoisotopic (exact) mass is 404 g/mol. The molecule has 5 heteroatoms. The maximum Gasteiger partial charge on any atom is 0.190 e. The van der Waals surface area contributed by atoms with Crippen molar-refractivity contribution in [2.24, 2.45) is 0 Å². The summed E-state index contributed by atoms with van der Waals surface area (Å²) in [6.45, 7) is 10.1. The molecule has 2 aliphatic heterocycles. The van der Waals surface area contributed by atoms with Crippen LogP contribution in [0, 0.1) is 0 Å². The standard InChI is InChI=1S/C24H36O5/c1-6-8-10-18-13-12-17(14-19(18)11-9-7-2)15-26-21-20(16(3)25)27-23-22(21)28-24(4,5)29-23/h12-14,20-23H,6-11,15H2,1-5H3/t20-,21+,22-,23-/m1/s1. The van der Waals surface area contributed by atoms with Gasteiger partial charge in [0.05, 0.1) is 6.61 Å². The molecule has 0 N–H and O–H groups in total. The summed E-state index contributed by atoms with van der Waals surface area (Å²) >= 11 is 0. The van der Waals surface area contributed by atoms with E-state index < -0.39 is 24.3 Å². The highest BCUT2D eigenvalue weighted by molar-refractivity contribution is 5.81. The Labute approximate surface area is 175 Å². The lowest BCUT2D eigenvalue weighted by Crippen LogP contribution is -2.39. The van der Waals surface area contributed by atoms with Gasteiger partial charge < -0.3 is 18.9 Å². The van der Waals surface area contributed by atoms with Crippen molar-refractivity contribution in [2.45, 2.75) is 110 Å². The maximum absolute atomic E-state index is 12.1. The van der Waals surface area contributed by atoms with E-state index >= 15 is 0 Å². The van der Waals surface area contributed by atoms with Crippen LogP contribution in [0.5, 0.6) is 0 Å². The van der Waals surface area contributed by atoms with Crippen LogP contribution in [-0.4, -0.2) is 36.2 Å². The number of fused-ring (bicyclic) bond motifs is 1. The first-order chi connectivity index (χ1) is 13.8. The van der Waals surface area contributed by atoms with E-state index in [-0.39, 0.29) is 11.9 Å². The second-order valence-corrected chi connectivity index (χ2v) is 8.72. The molecule has 0 unspecified atom stereocenters. The predicted octanol–water partition coefficient (Wildman–Crippen LogP) is 4.72. The molecule has 1 aromatic rings. The van der Waals surface area contributed by atoms with E-state index in [1.807, 2.05) is 13.8 Å². The first-order valence-corrected chi connectivity index (χ1v) is 11.1. The van der Waals surface area contributed by atoms with Gasteiger partial charge in [0.25, 0.3) is 0 Å². The molecule has 2 fully saturated rings. The topological polar surface area (TPSA) is 54.0 Å². The Morgan fingerprint density at radius 3 is 2.41 bits per heavy atom. The van der Waals surface area contributed by atoms with Crippen molar-refractivity contribution in [3.63, 3.8) is 0 Å². The van der Waals surface area contributed by atoms with Gasteiger partial charge in [-0.05, 0) is 63.1 Å². The average molecular weight is 405 g/mol. The number of ketones is 1. The van der Waals surface area contributed by atoms with Gasteiger partial charge in [0.2, 0.25) is 0 Å². The third kappa shape index (κ3) is 5.46. The minimum absolute atomic E-state index is 0.0621. The Kier molecular flexibility index (Phi) is 7.49. The third-order valence-electron chi connectivity index (χ3n) is 5.70. The minimum atomic E-state index is -0.729. The Balaban J connectivity index is 1.70. The summed E-state index contributed by atoms with van der Waals surface area (Å²) in [7, 11) is 0. The lowest BCUT2D eigenvalue weighted by Gasteiger charge is -2.25. The van der Waals surface area contributed by atoms with E-state index in [0.29, 0.717) is 6.61 Å². The molecule has 162 valence electrons. The second kappa shape index (κ2) is 9.69. The number of carbonyl (C=O) groups excluding carboxylic acids is 1. The van der Waals surface area contributed by atoms with Gasteiger partial charge in [-0.3, -0.25) is 4.79 Å². The predicted molar refractivity (Wildman–Crippen MR) is 112 cm³/mol. The highest BCUT2D eigenvalue weighted by atomic mass is 16.8. The Hall–Kier alpha value is -1.27. The van der Waals surface area contributed by atoms with Crippen molar-refractivity contribution in [3.8, 4) is 0 Å². The third-order valence-corrected chi connectivity index (χ3v) is 5.70. The molecule has 0 aliphatic carbocycles. The molecule has 0 radical (unpaired) electrons. The normalized spacial score (nSPS) is 27.9. The second-order valence-electron chi connectivity index (χ2n) is 8.72. The van der Waals surface area contributed by atoms with Crippen LogP contribution in [0.3, 0.4) is 0 Å². The van der Waals surface area contributed by atoms with Crippen molar-refractivity contribution >= 4 is 5.78 Å². The van der Waals surface area contributed by atoms with Gasteiger partial charge >= 0.3 is 0 Å². The van der Waals surface area contributed by atoms with Crippen molar-refractivity contribution in [1.82, 2.24) is 0 Å². The van der Waals surface area contributed by atoms with Crippen molar-refractivity contribution < 1.29 is 23.7 Å². The van der Waals surface area contributed by atoms with Gasteiger partial charge in [0.15, 0.2) is 17.9 Å². The maximum atomic E-state index is 12.1. The Morgan fingerprint density at radius 2 is 1.76 bits per heavy atom. The van der Waals surface area contributed by atoms with Crippen molar-refractivity contribution in [2.75, 3.05) is 0 Å². The smallest absolute Gasteiger partial charge is 0.190 e. The number of benzene rings is 1. The molecule has 0 bridgehead atoms. The molecule has 0 saturated carbocycles. The van der Waals surface area contributed by atoms with E-state index in [4.69, 9.17) is 18.9 Å². The van der Waals surface area contributed by atoms with Crippen molar-refractivity contribution in [3.05, 3.63) is 34.9 Å². The summed E-state index contributed by atoms with van der Waals surface area (Å²) in [6.07, 6.45) is 4.97. The zero-order valence-electron chi connectivity index (χ0n) is 18.5. The van der Waals surface area contributed by atoms with Crippen LogP contribution in [0.25, 0.3) is 0 Å². The molecule has 29 heavy (non-hydrogen) atoms. The summed E-state index contributed by atoms with van der Waals surface area (Å²) in [5.41, 5.74) is 4.00. The quantitative estimate of drug-likeness (QED) is 0.565. The fourth-order valence-electron chi connectivity index (χ4n) is 4.16. The summed E-state index contributed by atoms with van der Waals surface area (Å²) in [5, 5.41) is 0. The number of aryl methyl sites for hydroxylation is 2. The van der Waals surface area contributed by atoms with Crippen LogP contribution in [0.2, 0.25) is 0 Å². The summed E-state index contributed by atoms with van der Waals surface area (Å²) < 4.78 is 23.7. The highest BCUT2D eigenvalue weighted by Crippen LogP contribution is 2.39. The number of carbonyl (C=O) groups is 1. The highest BCUT2D eigenvalue weighted by Gasteiger charge is 2.56. The molecular formula is C24H36O5. The van der Waals surface area contributed by atoms with Gasteiger partial charge in [-0.2, -0.15) is 0 Å². The first kappa shape index (κ1) is 22.4. The fourth-order valence-corrected chi connectivity index (χ4v) is 4.16. The Morgan fingerprint density at radius 1 is 1.07 bits per heavy atom.